The van der Waals surface area contributed by atoms with Gasteiger partial charge in [0.05, 0.1) is 17.7 Å². The summed E-state index contributed by atoms with van der Waals surface area (Å²) in [6.45, 7) is 5.01. The lowest BCUT2D eigenvalue weighted by Gasteiger charge is -2.32. The van der Waals surface area contributed by atoms with E-state index >= 15 is 0 Å². The Labute approximate surface area is 235 Å². The fraction of sp³-hybridized carbons (Fsp3) is 0.310. The number of hydrogen-bond acceptors (Lipinski definition) is 5. The highest BCUT2D eigenvalue weighted by Crippen LogP contribution is 2.27. The molecule has 0 aliphatic heterocycles. The third-order valence-corrected chi connectivity index (χ3v) is 8.13. The van der Waals surface area contributed by atoms with Gasteiger partial charge in [0.1, 0.15) is 18.3 Å². The molecule has 0 saturated heterocycles. The van der Waals surface area contributed by atoms with Crippen LogP contribution in [0.5, 0.6) is 5.75 Å². The molecule has 8 nitrogen and oxygen atoms in total. The number of hydrogen-bond donors (Lipinski definition) is 1. The summed E-state index contributed by atoms with van der Waals surface area (Å²) >= 11 is 6.20. The Morgan fingerprint density at radius 3 is 2.21 bits per heavy atom. The smallest absolute Gasteiger partial charge is 0.264 e. The van der Waals surface area contributed by atoms with Crippen LogP contribution in [0.2, 0.25) is 5.02 Å². The number of halogens is 1. The number of anilines is 1. The number of benzene rings is 3. The highest BCUT2D eigenvalue weighted by atomic mass is 35.5. The third kappa shape index (κ3) is 7.97. The lowest BCUT2D eigenvalue weighted by molar-refractivity contribution is -0.139. The van der Waals surface area contributed by atoms with Crippen molar-refractivity contribution in [3.05, 3.63) is 89.4 Å². The van der Waals surface area contributed by atoms with E-state index < -0.39 is 28.5 Å². The molecular formula is C29H34ClN3O5S. The van der Waals surface area contributed by atoms with Crippen molar-refractivity contribution in [3.8, 4) is 5.75 Å². The molecule has 0 bridgehead atoms. The summed E-state index contributed by atoms with van der Waals surface area (Å²) in [7, 11) is -2.70. The molecule has 0 radical (unpaired) electrons. The van der Waals surface area contributed by atoms with Crippen LogP contribution in [0.3, 0.4) is 0 Å². The van der Waals surface area contributed by atoms with Crippen molar-refractivity contribution in [2.75, 3.05) is 24.5 Å². The highest BCUT2D eigenvalue weighted by Gasteiger charge is 2.32. The molecule has 0 heterocycles. The number of carbonyl (C=O) groups is 2. The van der Waals surface area contributed by atoms with Gasteiger partial charge in [0.2, 0.25) is 11.8 Å². The molecular weight excluding hydrogens is 538 g/mol. The van der Waals surface area contributed by atoms with Gasteiger partial charge in [0.15, 0.2) is 0 Å². The zero-order chi connectivity index (χ0) is 28.6. The van der Waals surface area contributed by atoms with Crippen LogP contribution < -0.4 is 14.4 Å². The first-order valence-electron chi connectivity index (χ1n) is 12.6. The number of ether oxygens (including phenoxy) is 1. The SMILES string of the molecule is COc1ccc(S(=O)(=O)N(CC(=O)N(CCc2ccccc2)[C@H](C)C(=O)NC(C)C)c2cccc(Cl)c2)cc1. The number of sulfonamides is 1. The quantitative estimate of drug-likeness (QED) is 0.345. The van der Waals surface area contributed by atoms with Crippen molar-refractivity contribution < 1.29 is 22.7 Å². The number of carbonyl (C=O) groups excluding carboxylic acids is 2. The van der Waals surface area contributed by atoms with Crippen LogP contribution >= 0.6 is 11.6 Å². The number of methoxy groups -OCH3 is 1. The maximum atomic E-state index is 13.8. The lowest BCUT2D eigenvalue weighted by Crippen LogP contribution is -2.53. The number of amides is 2. The second-order valence-electron chi connectivity index (χ2n) is 9.33. The van der Waals surface area contributed by atoms with E-state index in [0.717, 1.165) is 9.87 Å². The van der Waals surface area contributed by atoms with Crippen molar-refractivity contribution in [3.63, 3.8) is 0 Å². The molecule has 0 fully saturated rings. The Morgan fingerprint density at radius 1 is 0.949 bits per heavy atom. The normalized spacial score (nSPS) is 12.1. The molecule has 208 valence electrons. The van der Waals surface area contributed by atoms with Crippen LogP contribution in [0, 0.1) is 0 Å². The van der Waals surface area contributed by atoms with Gasteiger partial charge in [-0.3, -0.25) is 13.9 Å². The monoisotopic (exact) mass is 571 g/mol. The molecule has 0 spiro atoms. The molecule has 0 aromatic heterocycles. The molecule has 3 aromatic rings. The van der Waals surface area contributed by atoms with Crippen LogP contribution in [-0.2, 0) is 26.0 Å². The molecule has 1 atom stereocenters. The summed E-state index contributed by atoms with van der Waals surface area (Å²) in [4.78, 5) is 28.2. The number of nitrogens with zero attached hydrogens (tertiary/aromatic N) is 2. The van der Waals surface area contributed by atoms with Gasteiger partial charge in [-0.25, -0.2) is 8.42 Å². The summed E-state index contributed by atoms with van der Waals surface area (Å²) in [5, 5.41) is 3.16. The Morgan fingerprint density at radius 2 is 1.62 bits per heavy atom. The molecule has 0 saturated carbocycles. The Hall–Kier alpha value is -3.56. The largest absolute Gasteiger partial charge is 0.497 e. The second-order valence-corrected chi connectivity index (χ2v) is 11.6. The van der Waals surface area contributed by atoms with Gasteiger partial charge in [0.25, 0.3) is 10.0 Å². The van der Waals surface area contributed by atoms with Crippen LogP contribution in [-0.4, -0.2) is 57.4 Å². The first-order valence-corrected chi connectivity index (χ1v) is 14.4. The second kappa shape index (κ2) is 13.5. The van der Waals surface area contributed by atoms with Crippen molar-refractivity contribution >= 4 is 39.1 Å². The third-order valence-electron chi connectivity index (χ3n) is 6.10. The molecule has 3 aromatic carbocycles. The Bertz CT molecular complexity index is 1370. The predicted molar refractivity (Wildman–Crippen MR) is 154 cm³/mol. The van der Waals surface area contributed by atoms with Crippen LogP contribution in [0.25, 0.3) is 0 Å². The fourth-order valence-electron chi connectivity index (χ4n) is 4.01. The highest BCUT2D eigenvalue weighted by molar-refractivity contribution is 7.92. The molecule has 0 aliphatic carbocycles. The fourth-order valence-corrected chi connectivity index (χ4v) is 5.60. The van der Waals surface area contributed by atoms with Crippen LogP contribution in [0.4, 0.5) is 5.69 Å². The van der Waals surface area contributed by atoms with Crippen molar-refractivity contribution in [1.29, 1.82) is 0 Å². The van der Waals surface area contributed by atoms with E-state index in [4.69, 9.17) is 16.3 Å². The van der Waals surface area contributed by atoms with E-state index in [2.05, 4.69) is 5.32 Å². The van der Waals surface area contributed by atoms with Crippen molar-refractivity contribution in [1.82, 2.24) is 10.2 Å². The summed E-state index contributed by atoms with van der Waals surface area (Å²) in [5.41, 5.74) is 1.22. The Balaban J connectivity index is 1.98. The summed E-state index contributed by atoms with van der Waals surface area (Å²) in [6, 6.07) is 20.8. The van der Waals surface area contributed by atoms with Gasteiger partial charge in [-0.1, -0.05) is 48.0 Å². The van der Waals surface area contributed by atoms with Crippen molar-refractivity contribution in [2.24, 2.45) is 0 Å². The van der Waals surface area contributed by atoms with Gasteiger partial charge >= 0.3 is 0 Å². The average Bonchev–Trinajstić information content (AvgIpc) is 2.91. The Kier molecular flexibility index (Phi) is 10.4. The number of nitrogens with one attached hydrogen (secondary N) is 1. The van der Waals surface area contributed by atoms with Crippen LogP contribution in [0.1, 0.15) is 26.3 Å². The summed E-state index contributed by atoms with van der Waals surface area (Å²) in [5.74, 6) is -0.343. The van der Waals surface area contributed by atoms with Gasteiger partial charge < -0.3 is 15.0 Å². The number of rotatable bonds is 12. The summed E-state index contributed by atoms with van der Waals surface area (Å²) < 4.78 is 33.8. The minimum Gasteiger partial charge on any atom is -0.497 e. The predicted octanol–water partition coefficient (Wildman–Crippen LogP) is 4.53. The minimum atomic E-state index is -4.19. The molecule has 10 heteroatoms. The zero-order valence-corrected chi connectivity index (χ0v) is 24.1. The van der Waals surface area contributed by atoms with E-state index in [9.17, 15) is 18.0 Å². The van der Waals surface area contributed by atoms with Gasteiger partial charge in [-0.2, -0.15) is 0 Å². The van der Waals surface area contributed by atoms with Crippen molar-refractivity contribution in [2.45, 2.75) is 44.2 Å². The van der Waals surface area contributed by atoms with E-state index in [0.29, 0.717) is 17.2 Å². The maximum absolute atomic E-state index is 13.8. The first-order chi connectivity index (χ1) is 18.5. The van der Waals surface area contributed by atoms with E-state index in [1.165, 1.54) is 42.3 Å². The standard InChI is InChI=1S/C29H34ClN3O5S/c1-21(2)31-29(35)22(3)32(18-17-23-9-6-5-7-10-23)28(34)20-33(25-12-8-11-24(30)19-25)39(36,37)27-15-13-26(38-4)14-16-27/h5-16,19,21-22H,17-18,20H2,1-4H3,(H,31,35)/t22-/m1/s1. The van der Waals surface area contributed by atoms with Gasteiger partial charge in [-0.05, 0) is 75.2 Å². The molecule has 39 heavy (non-hydrogen) atoms. The van der Waals surface area contributed by atoms with Gasteiger partial charge in [-0.15, -0.1) is 0 Å². The molecule has 2 amide bonds. The van der Waals surface area contributed by atoms with E-state index in [-0.39, 0.29) is 29.1 Å². The van der Waals surface area contributed by atoms with Crippen LogP contribution in [0.15, 0.2) is 83.8 Å². The zero-order valence-electron chi connectivity index (χ0n) is 22.5. The van der Waals surface area contributed by atoms with E-state index in [1.807, 2.05) is 44.2 Å². The molecule has 0 aliphatic rings. The maximum Gasteiger partial charge on any atom is 0.264 e. The molecule has 1 N–H and O–H groups in total. The minimum absolute atomic E-state index is 0.0162. The van der Waals surface area contributed by atoms with E-state index in [1.54, 1.807) is 25.1 Å². The van der Waals surface area contributed by atoms with Gasteiger partial charge in [0, 0.05) is 17.6 Å². The molecule has 3 rings (SSSR count). The topological polar surface area (TPSA) is 96.0 Å². The first kappa shape index (κ1) is 30.0. The average molecular weight is 572 g/mol. The summed E-state index contributed by atoms with van der Waals surface area (Å²) in [6.07, 6.45) is 0.494. The lowest BCUT2D eigenvalue weighted by atomic mass is 10.1. The molecule has 0 unspecified atom stereocenters.